The zero-order valence-electron chi connectivity index (χ0n) is 11.4. The maximum absolute atomic E-state index is 8.89. The van der Waals surface area contributed by atoms with Crippen molar-refractivity contribution >= 4 is 0 Å². The maximum atomic E-state index is 8.89. The molecule has 0 amide bonds. The van der Waals surface area contributed by atoms with Crippen LogP contribution in [0.4, 0.5) is 0 Å². The third-order valence-electron chi connectivity index (χ3n) is 2.96. The molecule has 0 aliphatic carbocycles. The Hall–Kier alpha value is -2.60. The predicted octanol–water partition coefficient (Wildman–Crippen LogP) is 2.71. The van der Waals surface area contributed by atoms with Crippen LogP contribution in [0.5, 0.6) is 5.88 Å². The van der Waals surface area contributed by atoms with Gasteiger partial charge in [0, 0.05) is 11.6 Å². The van der Waals surface area contributed by atoms with Crippen molar-refractivity contribution in [2.75, 3.05) is 0 Å². The van der Waals surface area contributed by atoms with E-state index in [4.69, 9.17) is 18.8 Å². The summed E-state index contributed by atoms with van der Waals surface area (Å²) in [5, 5.41) is 12.6. The van der Waals surface area contributed by atoms with E-state index in [2.05, 4.69) is 10.1 Å². The van der Waals surface area contributed by atoms with Crippen molar-refractivity contribution in [2.45, 2.75) is 20.1 Å². The number of aromatic nitrogens is 2. The Bertz CT molecular complexity index is 718. The van der Waals surface area contributed by atoms with E-state index in [9.17, 15) is 0 Å². The molecule has 6 nitrogen and oxygen atoms in total. The predicted molar refractivity (Wildman–Crippen MR) is 73.4 cm³/mol. The minimum absolute atomic E-state index is 0.211. The first-order valence-electron chi connectivity index (χ1n) is 6.47. The van der Waals surface area contributed by atoms with Crippen molar-refractivity contribution < 1.29 is 18.8 Å². The van der Waals surface area contributed by atoms with Gasteiger partial charge >= 0.3 is 0 Å². The zero-order valence-corrected chi connectivity index (χ0v) is 11.4. The van der Waals surface area contributed by atoms with E-state index in [-0.39, 0.29) is 13.2 Å². The van der Waals surface area contributed by atoms with Crippen molar-refractivity contribution in [1.82, 2.24) is 10.1 Å². The van der Waals surface area contributed by atoms with Gasteiger partial charge in [0.1, 0.15) is 24.7 Å². The molecule has 108 valence electrons. The van der Waals surface area contributed by atoms with E-state index in [1.165, 1.54) is 6.07 Å². The van der Waals surface area contributed by atoms with Crippen LogP contribution in [-0.4, -0.2) is 15.2 Å². The van der Waals surface area contributed by atoms with Crippen LogP contribution >= 0.6 is 0 Å². The molecule has 3 aromatic rings. The third kappa shape index (κ3) is 2.95. The van der Waals surface area contributed by atoms with E-state index in [1.807, 2.05) is 37.3 Å². The van der Waals surface area contributed by atoms with Gasteiger partial charge < -0.3 is 18.8 Å². The Morgan fingerprint density at radius 2 is 2.05 bits per heavy atom. The van der Waals surface area contributed by atoms with Crippen LogP contribution in [0.25, 0.3) is 11.5 Å². The van der Waals surface area contributed by atoms with Gasteiger partial charge in [-0.3, -0.25) is 0 Å². The van der Waals surface area contributed by atoms with Crippen molar-refractivity contribution in [2.24, 2.45) is 0 Å². The highest BCUT2D eigenvalue weighted by atomic mass is 16.5. The average molecular weight is 286 g/mol. The van der Waals surface area contributed by atoms with Crippen LogP contribution in [-0.2, 0) is 13.2 Å². The second-order valence-corrected chi connectivity index (χ2v) is 4.47. The number of ether oxygens (including phenoxy) is 1. The van der Waals surface area contributed by atoms with Crippen molar-refractivity contribution in [1.29, 1.82) is 0 Å². The van der Waals surface area contributed by atoms with Gasteiger partial charge in [-0.15, -0.1) is 0 Å². The molecule has 0 spiro atoms. The molecule has 0 bridgehead atoms. The van der Waals surface area contributed by atoms with Crippen molar-refractivity contribution in [3.05, 3.63) is 53.6 Å². The number of nitrogens with zero attached hydrogens (tertiary/aromatic N) is 2. The van der Waals surface area contributed by atoms with E-state index in [0.29, 0.717) is 29.0 Å². The standard InChI is InChI=1S/C15H14N2O4/c1-10-13(9-19-14-7-12(8-18)21-17-14)16-15(20-10)11-5-3-2-4-6-11/h2-7,18H,8-9H2,1H3. The number of benzene rings is 1. The number of hydrogen-bond acceptors (Lipinski definition) is 6. The van der Waals surface area contributed by atoms with Crippen LogP contribution in [0.1, 0.15) is 17.2 Å². The summed E-state index contributed by atoms with van der Waals surface area (Å²) in [6, 6.07) is 11.2. The molecule has 6 heteroatoms. The van der Waals surface area contributed by atoms with Gasteiger partial charge in [-0.2, -0.15) is 0 Å². The number of aryl methyl sites for hydroxylation is 1. The van der Waals surface area contributed by atoms with Crippen LogP contribution < -0.4 is 4.74 Å². The third-order valence-corrected chi connectivity index (χ3v) is 2.96. The smallest absolute Gasteiger partial charge is 0.254 e. The number of hydrogen-bond donors (Lipinski definition) is 1. The first kappa shape index (κ1) is 13.4. The van der Waals surface area contributed by atoms with Gasteiger partial charge in [0.15, 0.2) is 5.76 Å². The Kier molecular flexibility index (Phi) is 3.70. The van der Waals surface area contributed by atoms with E-state index in [1.54, 1.807) is 0 Å². The fourth-order valence-electron chi connectivity index (χ4n) is 1.85. The van der Waals surface area contributed by atoms with Gasteiger partial charge in [0.05, 0.1) is 0 Å². The minimum atomic E-state index is -0.211. The second-order valence-electron chi connectivity index (χ2n) is 4.47. The van der Waals surface area contributed by atoms with E-state index in [0.717, 1.165) is 5.56 Å². The SMILES string of the molecule is Cc1oc(-c2ccccc2)nc1COc1cc(CO)on1. The Morgan fingerprint density at radius 1 is 1.24 bits per heavy atom. The second kappa shape index (κ2) is 5.80. The molecule has 0 aliphatic rings. The van der Waals surface area contributed by atoms with Gasteiger partial charge in [0.2, 0.25) is 5.89 Å². The maximum Gasteiger partial charge on any atom is 0.254 e. The molecule has 0 saturated heterocycles. The molecule has 21 heavy (non-hydrogen) atoms. The molecular formula is C15H14N2O4. The molecule has 2 heterocycles. The summed E-state index contributed by atoms with van der Waals surface area (Å²) >= 11 is 0. The average Bonchev–Trinajstić information content (AvgIpc) is 3.12. The first-order chi connectivity index (χ1) is 10.3. The molecule has 1 aromatic carbocycles. The summed E-state index contributed by atoms with van der Waals surface area (Å²) in [6.45, 7) is 1.84. The molecular weight excluding hydrogens is 272 g/mol. The highest BCUT2D eigenvalue weighted by molar-refractivity contribution is 5.53. The summed E-state index contributed by atoms with van der Waals surface area (Å²) in [4.78, 5) is 4.42. The fourth-order valence-corrected chi connectivity index (χ4v) is 1.85. The molecule has 2 aromatic heterocycles. The number of aliphatic hydroxyl groups is 1. The quantitative estimate of drug-likeness (QED) is 0.776. The lowest BCUT2D eigenvalue weighted by molar-refractivity contribution is 0.220. The summed E-state index contributed by atoms with van der Waals surface area (Å²) < 4.78 is 15.9. The highest BCUT2D eigenvalue weighted by Crippen LogP contribution is 2.22. The monoisotopic (exact) mass is 286 g/mol. The Morgan fingerprint density at radius 3 is 2.76 bits per heavy atom. The molecule has 3 rings (SSSR count). The molecule has 1 N–H and O–H groups in total. The summed E-state index contributed by atoms with van der Waals surface area (Å²) in [7, 11) is 0. The lowest BCUT2D eigenvalue weighted by Gasteiger charge is -1.98. The van der Waals surface area contributed by atoms with Crippen LogP contribution in [0.3, 0.4) is 0 Å². The Labute approximate surface area is 121 Å². The lowest BCUT2D eigenvalue weighted by atomic mass is 10.2. The van der Waals surface area contributed by atoms with Crippen LogP contribution in [0.2, 0.25) is 0 Å². The topological polar surface area (TPSA) is 81.5 Å². The van der Waals surface area contributed by atoms with Gasteiger partial charge in [-0.1, -0.05) is 18.2 Å². The molecule has 0 atom stereocenters. The number of rotatable bonds is 5. The lowest BCUT2D eigenvalue weighted by Crippen LogP contribution is -1.97. The van der Waals surface area contributed by atoms with Gasteiger partial charge in [-0.05, 0) is 24.2 Å². The molecule has 0 unspecified atom stereocenters. The number of oxazole rings is 1. The Balaban J connectivity index is 1.73. The number of aliphatic hydroxyl groups excluding tert-OH is 1. The molecule has 0 fully saturated rings. The van der Waals surface area contributed by atoms with E-state index < -0.39 is 0 Å². The fraction of sp³-hybridized carbons (Fsp3) is 0.200. The van der Waals surface area contributed by atoms with Crippen LogP contribution in [0.15, 0.2) is 45.3 Å². The molecule has 0 aliphatic heterocycles. The zero-order chi connectivity index (χ0) is 14.7. The summed E-state index contributed by atoms with van der Waals surface area (Å²) in [6.07, 6.45) is 0. The molecule has 0 saturated carbocycles. The first-order valence-corrected chi connectivity index (χ1v) is 6.47. The highest BCUT2D eigenvalue weighted by Gasteiger charge is 2.13. The normalized spacial score (nSPS) is 10.8. The summed E-state index contributed by atoms with van der Waals surface area (Å²) in [5.74, 6) is 1.91. The van der Waals surface area contributed by atoms with Crippen LogP contribution in [0, 0.1) is 6.92 Å². The largest absolute Gasteiger partial charge is 0.469 e. The van der Waals surface area contributed by atoms with E-state index >= 15 is 0 Å². The van der Waals surface area contributed by atoms with Gasteiger partial charge in [0.25, 0.3) is 5.88 Å². The van der Waals surface area contributed by atoms with Gasteiger partial charge in [-0.25, -0.2) is 4.98 Å². The van der Waals surface area contributed by atoms with Crippen molar-refractivity contribution in [3.63, 3.8) is 0 Å². The molecule has 0 radical (unpaired) electrons. The summed E-state index contributed by atoms with van der Waals surface area (Å²) in [5.41, 5.74) is 1.61. The minimum Gasteiger partial charge on any atom is -0.469 e. The van der Waals surface area contributed by atoms with Crippen molar-refractivity contribution in [3.8, 4) is 17.3 Å².